The predicted molar refractivity (Wildman–Crippen MR) is 68.8 cm³/mol. The Hall–Kier alpha value is -1.42. The fourth-order valence-corrected chi connectivity index (χ4v) is 1.70. The minimum atomic E-state index is -0.449. The normalized spacial score (nSPS) is 12.2. The molecule has 1 aromatic carbocycles. The smallest absolute Gasteiger partial charge is 0.220 e. The van der Waals surface area contributed by atoms with Crippen LogP contribution < -0.4 is 5.32 Å². The Balaban J connectivity index is 2.31. The molecule has 0 aliphatic heterocycles. The van der Waals surface area contributed by atoms with Gasteiger partial charge in [-0.05, 0) is 49.9 Å². The highest BCUT2D eigenvalue weighted by Crippen LogP contribution is 2.10. The van der Waals surface area contributed by atoms with Crippen molar-refractivity contribution < 1.29 is 14.3 Å². The van der Waals surface area contributed by atoms with Crippen molar-refractivity contribution in [3.05, 3.63) is 35.1 Å². The summed E-state index contributed by atoms with van der Waals surface area (Å²) in [4.78, 5) is 11.4. The molecule has 0 spiro atoms. The van der Waals surface area contributed by atoms with Gasteiger partial charge in [0.1, 0.15) is 5.82 Å². The van der Waals surface area contributed by atoms with E-state index in [4.69, 9.17) is 5.11 Å². The SMILES string of the molecule is Cc1cc(F)ccc1CCNC(=O)CCC(C)O. The lowest BCUT2D eigenvalue weighted by molar-refractivity contribution is -0.121. The van der Waals surface area contributed by atoms with Crippen LogP contribution in [0.15, 0.2) is 18.2 Å². The van der Waals surface area contributed by atoms with Crippen LogP contribution in [0.25, 0.3) is 0 Å². The molecule has 4 heteroatoms. The second kappa shape index (κ2) is 7.11. The molecule has 0 aliphatic rings. The Bertz CT molecular complexity index is 405. The molecule has 1 unspecified atom stereocenters. The van der Waals surface area contributed by atoms with Crippen molar-refractivity contribution in [2.24, 2.45) is 0 Å². The Labute approximate surface area is 107 Å². The molecule has 0 aromatic heterocycles. The summed E-state index contributed by atoms with van der Waals surface area (Å²) in [6.07, 6.45) is 1.05. The molecule has 0 heterocycles. The van der Waals surface area contributed by atoms with E-state index in [2.05, 4.69) is 5.32 Å². The van der Waals surface area contributed by atoms with Gasteiger partial charge in [-0.3, -0.25) is 4.79 Å². The maximum absolute atomic E-state index is 12.9. The largest absolute Gasteiger partial charge is 0.393 e. The summed E-state index contributed by atoms with van der Waals surface area (Å²) in [6, 6.07) is 4.66. The number of carbonyl (C=O) groups excluding carboxylic acids is 1. The molecular weight excluding hydrogens is 233 g/mol. The average Bonchev–Trinajstić information content (AvgIpc) is 2.29. The summed E-state index contributed by atoms with van der Waals surface area (Å²) in [5.41, 5.74) is 1.93. The molecule has 1 amide bonds. The van der Waals surface area contributed by atoms with Crippen LogP contribution in [0.2, 0.25) is 0 Å². The van der Waals surface area contributed by atoms with E-state index in [0.717, 1.165) is 11.1 Å². The van der Waals surface area contributed by atoms with Crippen LogP contribution in [0.3, 0.4) is 0 Å². The number of halogens is 1. The van der Waals surface area contributed by atoms with E-state index < -0.39 is 6.10 Å². The quantitative estimate of drug-likeness (QED) is 0.814. The topological polar surface area (TPSA) is 49.3 Å². The van der Waals surface area contributed by atoms with Crippen LogP contribution in [-0.2, 0) is 11.2 Å². The van der Waals surface area contributed by atoms with Gasteiger partial charge in [0.05, 0.1) is 6.10 Å². The molecular formula is C14H20FNO2. The van der Waals surface area contributed by atoms with Gasteiger partial charge in [-0.25, -0.2) is 4.39 Å². The van der Waals surface area contributed by atoms with Crippen LogP contribution in [0.5, 0.6) is 0 Å². The lowest BCUT2D eigenvalue weighted by atomic mass is 10.1. The molecule has 1 aromatic rings. The highest BCUT2D eigenvalue weighted by atomic mass is 19.1. The Morgan fingerprint density at radius 1 is 1.50 bits per heavy atom. The Morgan fingerprint density at radius 3 is 2.83 bits per heavy atom. The van der Waals surface area contributed by atoms with Gasteiger partial charge in [0.15, 0.2) is 0 Å². The van der Waals surface area contributed by atoms with Crippen molar-refractivity contribution in [2.45, 2.75) is 39.2 Å². The second-order valence-electron chi connectivity index (χ2n) is 4.56. The van der Waals surface area contributed by atoms with E-state index in [9.17, 15) is 9.18 Å². The summed E-state index contributed by atoms with van der Waals surface area (Å²) < 4.78 is 12.9. The molecule has 0 bridgehead atoms. The lowest BCUT2D eigenvalue weighted by Crippen LogP contribution is -2.26. The van der Waals surface area contributed by atoms with Crippen molar-refractivity contribution in [2.75, 3.05) is 6.54 Å². The first kappa shape index (κ1) is 14.6. The fourth-order valence-electron chi connectivity index (χ4n) is 1.70. The standard InChI is InChI=1S/C14H20FNO2/c1-10-9-13(15)5-4-12(10)7-8-16-14(18)6-3-11(2)17/h4-5,9,11,17H,3,6-8H2,1-2H3,(H,16,18). The third-order valence-electron chi connectivity index (χ3n) is 2.81. The number of amides is 1. The third kappa shape index (κ3) is 5.27. The molecule has 0 radical (unpaired) electrons. The van der Waals surface area contributed by atoms with Crippen LogP contribution in [0.4, 0.5) is 4.39 Å². The van der Waals surface area contributed by atoms with Gasteiger partial charge in [-0.15, -0.1) is 0 Å². The average molecular weight is 253 g/mol. The van der Waals surface area contributed by atoms with Crippen LogP contribution in [-0.4, -0.2) is 23.7 Å². The molecule has 0 saturated heterocycles. The lowest BCUT2D eigenvalue weighted by Gasteiger charge is -2.08. The van der Waals surface area contributed by atoms with Gasteiger partial charge < -0.3 is 10.4 Å². The van der Waals surface area contributed by atoms with Gasteiger partial charge in [-0.2, -0.15) is 0 Å². The first-order valence-corrected chi connectivity index (χ1v) is 6.19. The molecule has 0 fully saturated rings. The number of nitrogens with one attached hydrogen (secondary N) is 1. The van der Waals surface area contributed by atoms with Gasteiger partial charge in [-0.1, -0.05) is 6.07 Å². The number of benzene rings is 1. The van der Waals surface area contributed by atoms with Crippen LogP contribution in [0, 0.1) is 12.7 Å². The third-order valence-corrected chi connectivity index (χ3v) is 2.81. The summed E-state index contributed by atoms with van der Waals surface area (Å²) in [5, 5.41) is 11.8. The fraction of sp³-hybridized carbons (Fsp3) is 0.500. The highest BCUT2D eigenvalue weighted by Gasteiger charge is 2.04. The summed E-state index contributed by atoms with van der Waals surface area (Å²) in [5.74, 6) is -0.298. The minimum absolute atomic E-state index is 0.0596. The van der Waals surface area contributed by atoms with Crippen molar-refractivity contribution >= 4 is 5.91 Å². The maximum atomic E-state index is 12.9. The number of carbonyl (C=O) groups is 1. The maximum Gasteiger partial charge on any atom is 0.220 e. The van der Waals surface area contributed by atoms with E-state index >= 15 is 0 Å². The monoisotopic (exact) mass is 253 g/mol. The predicted octanol–water partition coefficient (Wildman–Crippen LogP) is 1.95. The Kier molecular flexibility index (Phi) is 5.78. The van der Waals surface area contributed by atoms with Gasteiger partial charge >= 0.3 is 0 Å². The zero-order chi connectivity index (χ0) is 13.5. The van der Waals surface area contributed by atoms with Gasteiger partial charge in [0, 0.05) is 13.0 Å². The Morgan fingerprint density at radius 2 is 2.22 bits per heavy atom. The molecule has 3 nitrogen and oxygen atoms in total. The zero-order valence-corrected chi connectivity index (χ0v) is 10.9. The van der Waals surface area contributed by atoms with Gasteiger partial charge in [0.25, 0.3) is 0 Å². The number of rotatable bonds is 6. The molecule has 1 atom stereocenters. The zero-order valence-electron chi connectivity index (χ0n) is 10.9. The van der Waals surface area contributed by atoms with Crippen molar-refractivity contribution in [1.29, 1.82) is 0 Å². The van der Waals surface area contributed by atoms with Crippen LogP contribution >= 0.6 is 0 Å². The first-order chi connectivity index (χ1) is 8.49. The summed E-state index contributed by atoms with van der Waals surface area (Å²) in [6.45, 7) is 4.05. The minimum Gasteiger partial charge on any atom is -0.393 e. The summed E-state index contributed by atoms with van der Waals surface area (Å²) in [7, 11) is 0. The van der Waals surface area contributed by atoms with Crippen molar-refractivity contribution in [3.8, 4) is 0 Å². The molecule has 0 aliphatic carbocycles. The molecule has 2 N–H and O–H groups in total. The number of aliphatic hydroxyl groups excluding tert-OH is 1. The number of aryl methyl sites for hydroxylation is 1. The molecule has 0 saturated carbocycles. The van der Waals surface area contributed by atoms with Crippen LogP contribution in [0.1, 0.15) is 30.9 Å². The molecule has 1 rings (SSSR count). The molecule has 18 heavy (non-hydrogen) atoms. The van der Waals surface area contributed by atoms with E-state index in [1.165, 1.54) is 12.1 Å². The number of aliphatic hydroxyl groups is 1. The van der Waals surface area contributed by atoms with E-state index in [1.54, 1.807) is 13.0 Å². The second-order valence-corrected chi connectivity index (χ2v) is 4.56. The van der Waals surface area contributed by atoms with Crippen molar-refractivity contribution in [1.82, 2.24) is 5.32 Å². The summed E-state index contributed by atoms with van der Waals surface area (Å²) >= 11 is 0. The highest BCUT2D eigenvalue weighted by molar-refractivity contribution is 5.75. The van der Waals surface area contributed by atoms with E-state index in [1.807, 2.05) is 6.92 Å². The van der Waals surface area contributed by atoms with E-state index in [0.29, 0.717) is 25.8 Å². The van der Waals surface area contributed by atoms with Crippen molar-refractivity contribution in [3.63, 3.8) is 0 Å². The molecule has 100 valence electrons. The van der Waals surface area contributed by atoms with E-state index in [-0.39, 0.29) is 11.7 Å². The number of hydrogen-bond donors (Lipinski definition) is 2. The van der Waals surface area contributed by atoms with Gasteiger partial charge in [0.2, 0.25) is 5.91 Å². The number of hydrogen-bond acceptors (Lipinski definition) is 2. The first-order valence-electron chi connectivity index (χ1n) is 6.19.